The Morgan fingerprint density at radius 3 is 2.41 bits per heavy atom. The number of rotatable bonds is 7. The highest BCUT2D eigenvalue weighted by Gasteiger charge is 2.35. The predicted octanol–water partition coefficient (Wildman–Crippen LogP) is 0.867. The van der Waals surface area contributed by atoms with Crippen LogP contribution in [0.1, 0.15) is 45.4 Å². The fourth-order valence-electron chi connectivity index (χ4n) is 3.57. The van der Waals surface area contributed by atoms with Gasteiger partial charge in [0, 0.05) is 18.6 Å². The van der Waals surface area contributed by atoms with Crippen molar-refractivity contribution in [1.29, 1.82) is 0 Å². The van der Waals surface area contributed by atoms with E-state index in [2.05, 4.69) is 36.1 Å². The van der Waals surface area contributed by atoms with Crippen molar-refractivity contribution in [2.45, 2.75) is 82.5 Å². The van der Waals surface area contributed by atoms with Gasteiger partial charge < -0.3 is 20.7 Å². The third kappa shape index (κ3) is 9.15. The molecule has 29 heavy (non-hydrogen) atoms. The summed E-state index contributed by atoms with van der Waals surface area (Å²) in [4.78, 5) is 23.4. The SMILES string of the molecule is COC(=O)CCNC1CC(C)NC(NC(=O)NC2CCC(OC(F)(F)F)CC2)N1. The second kappa shape index (κ2) is 11.0. The van der Waals surface area contributed by atoms with Crippen LogP contribution in [0.3, 0.4) is 0 Å². The van der Waals surface area contributed by atoms with Crippen LogP contribution in [0, 0.1) is 0 Å². The molecule has 2 aliphatic rings. The molecule has 2 rings (SSSR count). The topological polar surface area (TPSA) is 113 Å². The first-order chi connectivity index (χ1) is 13.6. The molecular formula is C17H30F3N5O4. The highest BCUT2D eigenvalue weighted by atomic mass is 19.4. The predicted molar refractivity (Wildman–Crippen MR) is 97.4 cm³/mol. The lowest BCUT2D eigenvalue weighted by Gasteiger charge is -2.37. The Bertz CT molecular complexity index is 544. The van der Waals surface area contributed by atoms with Crippen LogP contribution in [0.5, 0.6) is 0 Å². The van der Waals surface area contributed by atoms with Gasteiger partial charge in [0.2, 0.25) is 0 Å². The van der Waals surface area contributed by atoms with Crippen molar-refractivity contribution in [1.82, 2.24) is 26.6 Å². The molecule has 1 saturated heterocycles. The van der Waals surface area contributed by atoms with Crippen LogP contribution in [0.15, 0.2) is 0 Å². The molecule has 0 spiro atoms. The molecule has 3 atom stereocenters. The van der Waals surface area contributed by atoms with Gasteiger partial charge in [0.1, 0.15) is 6.29 Å². The summed E-state index contributed by atoms with van der Waals surface area (Å²) in [6, 6.07) is -0.484. The number of carbonyl (C=O) groups is 2. The number of carbonyl (C=O) groups excluding carboxylic acids is 2. The molecule has 2 fully saturated rings. The fourth-order valence-corrected chi connectivity index (χ4v) is 3.57. The van der Waals surface area contributed by atoms with Gasteiger partial charge in [0.15, 0.2) is 0 Å². The molecule has 1 aliphatic heterocycles. The summed E-state index contributed by atoms with van der Waals surface area (Å²) in [5.41, 5.74) is 0. The van der Waals surface area contributed by atoms with Crippen LogP contribution in [0.4, 0.5) is 18.0 Å². The van der Waals surface area contributed by atoms with Gasteiger partial charge in [-0.1, -0.05) is 0 Å². The second-order valence-corrected chi connectivity index (χ2v) is 7.39. The maximum atomic E-state index is 12.3. The van der Waals surface area contributed by atoms with E-state index in [0.29, 0.717) is 19.4 Å². The molecule has 0 aromatic rings. The van der Waals surface area contributed by atoms with Crippen molar-refractivity contribution in [2.24, 2.45) is 0 Å². The highest BCUT2D eigenvalue weighted by molar-refractivity contribution is 5.74. The van der Waals surface area contributed by atoms with E-state index < -0.39 is 24.8 Å². The third-order valence-electron chi connectivity index (χ3n) is 4.94. The first kappa shape index (κ1) is 23.6. The summed E-state index contributed by atoms with van der Waals surface area (Å²) in [5.74, 6) is -0.302. The van der Waals surface area contributed by atoms with Crippen LogP contribution in [0.25, 0.3) is 0 Å². The largest absolute Gasteiger partial charge is 0.522 e. The van der Waals surface area contributed by atoms with Gasteiger partial charge in [-0.15, -0.1) is 13.2 Å². The van der Waals surface area contributed by atoms with E-state index in [1.165, 1.54) is 7.11 Å². The van der Waals surface area contributed by atoms with E-state index in [-0.39, 0.29) is 43.5 Å². The number of methoxy groups -OCH3 is 1. The first-order valence-corrected chi connectivity index (χ1v) is 9.78. The van der Waals surface area contributed by atoms with Crippen molar-refractivity contribution in [3.63, 3.8) is 0 Å². The normalized spacial score (nSPS) is 30.4. The van der Waals surface area contributed by atoms with Gasteiger partial charge in [0.25, 0.3) is 0 Å². The quantitative estimate of drug-likeness (QED) is 0.385. The lowest BCUT2D eigenvalue weighted by atomic mass is 9.93. The maximum Gasteiger partial charge on any atom is 0.522 e. The van der Waals surface area contributed by atoms with Crippen LogP contribution < -0.4 is 26.6 Å². The molecule has 1 aliphatic carbocycles. The molecule has 1 saturated carbocycles. The Kier molecular flexibility index (Phi) is 8.93. The Morgan fingerprint density at radius 2 is 1.79 bits per heavy atom. The summed E-state index contributed by atoms with van der Waals surface area (Å²) >= 11 is 0. The minimum absolute atomic E-state index is 0.101. The van der Waals surface area contributed by atoms with E-state index in [0.717, 1.165) is 6.42 Å². The Labute approximate surface area is 167 Å². The molecule has 0 aromatic carbocycles. The average molecular weight is 425 g/mol. The average Bonchev–Trinajstić information content (AvgIpc) is 2.61. The van der Waals surface area contributed by atoms with E-state index in [1.54, 1.807) is 0 Å². The first-order valence-electron chi connectivity index (χ1n) is 9.78. The molecule has 5 N–H and O–H groups in total. The summed E-state index contributed by atoms with van der Waals surface area (Å²) in [7, 11) is 1.33. The molecule has 9 nitrogen and oxygen atoms in total. The Balaban J connectivity index is 1.69. The summed E-state index contributed by atoms with van der Waals surface area (Å²) in [6.45, 7) is 2.42. The van der Waals surface area contributed by atoms with Crippen molar-refractivity contribution in [3.05, 3.63) is 0 Å². The van der Waals surface area contributed by atoms with Crippen LogP contribution in [-0.4, -0.2) is 62.7 Å². The minimum atomic E-state index is -4.63. The number of esters is 1. The van der Waals surface area contributed by atoms with Crippen LogP contribution in [0.2, 0.25) is 0 Å². The van der Waals surface area contributed by atoms with Gasteiger partial charge in [-0.25, -0.2) is 4.79 Å². The van der Waals surface area contributed by atoms with Crippen LogP contribution >= 0.6 is 0 Å². The number of amides is 2. The zero-order valence-corrected chi connectivity index (χ0v) is 16.6. The van der Waals surface area contributed by atoms with Gasteiger partial charge in [-0.3, -0.25) is 20.2 Å². The lowest BCUT2D eigenvalue weighted by molar-refractivity contribution is -0.345. The summed E-state index contributed by atoms with van der Waals surface area (Å²) < 4.78 is 45.4. The molecule has 2 amide bonds. The molecule has 0 bridgehead atoms. The number of nitrogens with one attached hydrogen (secondary N) is 5. The maximum absolute atomic E-state index is 12.3. The fraction of sp³-hybridized carbons (Fsp3) is 0.882. The van der Waals surface area contributed by atoms with Crippen molar-refractivity contribution >= 4 is 12.0 Å². The second-order valence-electron chi connectivity index (χ2n) is 7.39. The molecule has 0 radical (unpaired) electrons. The number of urea groups is 1. The number of hydrogen-bond donors (Lipinski definition) is 5. The monoisotopic (exact) mass is 425 g/mol. The van der Waals surface area contributed by atoms with E-state index >= 15 is 0 Å². The third-order valence-corrected chi connectivity index (χ3v) is 4.94. The zero-order chi connectivity index (χ0) is 21.4. The molecule has 0 aromatic heterocycles. The summed E-state index contributed by atoms with van der Waals surface area (Å²) in [5, 5.41) is 15.1. The number of hydrogen-bond acceptors (Lipinski definition) is 7. The van der Waals surface area contributed by atoms with E-state index in [1.807, 2.05) is 6.92 Å². The van der Waals surface area contributed by atoms with E-state index in [9.17, 15) is 22.8 Å². The molecule has 12 heteroatoms. The van der Waals surface area contributed by atoms with Crippen molar-refractivity contribution in [3.8, 4) is 0 Å². The Hall–Kier alpha value is -1.63. The smallest absolute Gasteiger partial charge is 0.469 e. The number of alkyl halides is 3. The zero-order valence-electron chi connectivity index (χ0n) is 16.6. The molecule has 3 unspecified atom stereocenters. The van der Waals surface area contributed by atoms with Crippen LogP contribution in [-0.2, 0) is 14.3 Å². The van der Waals surface area contributed by atoms with Gasteiger partial charge in [-0.05, 0) is 39.0 Å². The number of halogens is 3. The lowest BCUT2D eigenvalue weighted by Crippen LogP contribution is -2.68. The van der Waals surface area contributed by atoms with Gasteiger partial charge in [-0.2, -0.15) is 0 Å². The highest BCUT2D eigenvalue weighted by Crippen LogP contribution is 2.27. The molecule has 1 heterocycles. The van der Waals surface area contributed by atoms with Crippen molar-refractivity contribution in [2.75, 3.05) is 13.7 Å². The Morgan fingerprint density at radius 1 is 1.10 bits per heavy atom. The molecular weight excluding hydrogens is 395 g/mol. The van der Waals surface area contributed by atoms with E-state index in [4.69, 9.17) is 0 Å². The van der Waals surface area contributed by atoms with Gasteiger partial charge in [0.05, 0.1) is 25.8 Å². The number of ether oxygens (including phenoxy) is 2. The van der Waals surface area contributed by atoms with Gasteiger partial charge >= 0.3 is 18.4 Å². The molecule has 168 valence electrons. The van der Waals surface area contributed by atoms with Crippen molar-refractivity contribution < 1.29 is 32.2 Å². The minimum Gasteiger partial charge on any atom is -0.469 e. The summed E-state index contributed by atoms with van der Waals surface area (Å²) in [6.07, 6.45) is -3.73. The standard InChI is InChI=1S/C17H30F3N5O4/c1-10-9-13(21-8-7-14(26)28-2)24-15(22-10)25-16(27)23-11-3-5-12(6-4-11)29-17(18,19)20/h10-13,15,21-22,24H,3-9H2,1-2H3,(H2,23,25,27).